The molecule has 0 amide bonds. The Morgan fingerprint density at radius 3 is 2.77 bits per heavy atom. The van der Waals surface area contributed by atoms with Crippen molar-refractivity contribution >= 4 is 28.2 Å². The van der Waals surface area contributed by atoms with E-state index in [0.717, 1.165) is 21.2 Å². The fraction of sp³-hybridized carbons (Fsp3) is 0.222. The lowest BCUT2D eigenvalue weighted by Gasteiger charge is -2.10. The molecule has 0 saturated heterocycles. The van der Waals surface area contributed by atoms with Gasteiger partial charge >= 0.3 is 6.61 Å². The minimum Gasteiger partial charge on any atom is -0.493 e. The summed E-state index contributed by atoms with van der Waals surface area (Å²) in [6.45, 7) is 0.896. The van der Waals surface area contributed by atoms with Gasteiger partial charge in [0.1, 0.15) is 0 Å². The molecule has 26 heavy (non-hydrogen) atoms. The number of allylic oxidation sites excluding steroid dienone is 1. The van der Waals surface area contributed by atoms with Crippen LogP contribution in [0.3, 0.4) is 0 Å². The van der Waals surface area contributed by atoms with Crippen molar-refractivity contribution in [3.8, 4) is 11.5 Å². The van der Waals surface area contributed by atoms with Crippen LogP contribution < -0.4 is 9.47 Å². The zero-order chi connectivity index (χ0) is 18.8. The molecular formula is C18H16F2N2O3S. The summed E-state index contributed by atoms with van der Waals surface area (Å²) in [6, 6.07) is 4.08. The van der Waals surface area contributed by atoms with Gasteiger partial charge in [-0.25, -0.2) is 4.98 Å². The second kappa shape index (κ2) is 7.25. The van der Waals surface area contributed by atoms with Gasteiger partial charge in [-0.1, -0.05) is 0 Å². The molecule has 3 rings (SSSR count). The van der Waals surface area contributed by atoms with Crippen LogP contribution in [0.25, 0.3) is 11.0 Å². The summed E-state index contributed by atoms with van der Waals surface area (Å²) in [6.07, 6.45) is 5.08. The minimum atomic E-state index is -2.97. The minimum absolute atomic E-state index is 0.0703. The first-order valence-corrected chi connectivity index (χ1v) is 8.51. The molecule has 0 aliphatic rings. The van der Waals surface area contributed by atoms with E-state index in [4.69, 9.17) is 4.74 Å². The zero-order valence-electron chi connectivity index (χ0n) is 14.3. The van der Waals surface area contributed by atoms with Gasteiger partial charge in [0.15, 0.2) is 22.2 Å². The number of methoxy groups -OCH3 is 1. The van der Waals surface area contributed by atoms with E-state index in [1.807, 2.05) is 24.4 Å². The number of nitrogens with zero attached hydrogens (tertiary/aromatic N) is 2. The Balaban J connectivity index is 1.87. The highest BCUT2D eigenvalue weighted by Gasteiger charge is 2.14. The van der Waals surface area contributed by atoms with Crippen LogP contribution in [-0.4, -0.2) is 28.9 Å². The lowest BCUT2D eigenvalue weighted by Crippen LogP contribution is -2.04. The highest BCUT2D eigenvalue weighted by atomic mass is 32.1. The van der Waals surface area contributed by atoms with E-state index < -0.39 is 6.61 Å². The van der Waals surface area contributed by atoms with Crippen LogP contribution in [0.15, 0.2) is 30.5 Å². The number of halogens is 2. The Morgan fingerprint density at radius 1 is 1.31 bits per heavy atom. The summed E-state index contributed by atoms with van der Waals surface area (Å²) in [5, 5.41) is 0. The standard InChI is InChI=1S/C18H16F2N2O3S/c1-10-9-22-13(11(2)21-18(22)26-10)5-6-14(23)12-4-7-15(25-17(19)20)16(8-12)24-3/h4-9,17H,1-3H3. The third-order valence-electron chi connectivity index (χ3n) is 3.72. The van der Waals surface area contributed by atoms with Crippen LogP contribution in [0.2, 0.25) is 0 Å². The SMILES string of the molecule is COc1cc(C(=O)C=Cc2c(C)nc3sc(C)cn23)ccc1OC(F)F. The van der Waals surface area contributed by atoms with Crippen LogP contribution in [0.5, 0.6) is 11.5 Å². The first kappa shape index (κ1) is 18.1. The number of carbonyl (C=O) groups excluding carboxylic acids is 1. The third kappa shape index (κ3) is 3.60. The molecule has 5 nitrogen and oxygen atoms in total. The van der Waals surface area contributed by atoms with Crippen LogP contribution in [-0.2, 0) is 0 Å². The van der Waals surface area contributed by atoms with E-state index >= 15 is 0 Å². The second-order valence-corrected chi connectivity index (χ2v) is 6.73. The summed E-state index contributed by atoms with van der Waals surface area (Å²) >= 11 is 1.57. The molecule has 136 valence electrons. The maximum atomic E-state index is 12.4. The Morgan fingerprint density at radius 2 is 2.08 bits per heavy atom. The average Bonchev–Trinajstić information content (AvgIpc) is 3.07. The van der Waals surface area contributed by atoms with E-state index in [2.05, 4.69) is 9.72 Å². The number of benzene rings is 1. The molecule has 0 unspecified atom stereocenters. The molecule has 1 aromatic carbocycles. The van der Waals surface area contributed by atoms with Crippen molar-refractivity contribution in [3.63, 3.8) is 0 Å². The maximum absolute atomic E-state index is 12.4. The van der Waals surface area contributed by atoms with Gasteiger partial charge in [0, 0.05) is 16.6 Å². The predicted octanol–water partition coefficient (Wildman–Crippen LogP) is 4.52. The molecule has 0 spiro atoms. The number of aryl methyl sites for hydroxylation is 2. The molecule has 0 fully saturated rings. The van der Waals surface area contributed by atoms with Gasteiger partial charge in [-0.3, -0.25) is 9.20 Å². The van der Waals surface area contributed by atoms with Crippen LogP contribution >= 0.6 is 11.3 Å². The lowest BCUT2D eigenvalue weighted by atomic mass is 10.1. The second-order valence-electron chi connectivity index (χ2n) is 5.52. The molecule has 0 saturated carbocycles. The van der Waals surface area contributed by atoms with Crippen molar-refractivity contribution in [1.29, 1.82) is 0 Å². The van der Waals surface area contributed by atoms with Crippen molar-refractivity contribution in [2.45, 2.75) is 20.5 Å². The summed E-state index contributed by atoms with van der Waals surface area (Å²) in [5.74, 6) is -0.334. The summed E-state index contributed by atoms with van der Waals surface area (Å²) in [7, 11) is 1.32. The number of hydrogen-bond acceptors (Lipinski definition) is 5. The predicted molar refractivity (Wildman–Crippen MR) is 95.5 cm³/mol. The normalized spacial score (nSPS) is 11.6. The molecule has 3 aromatic rings. The van der Waals surface area contributed by atoms with Crippen LogP contribution in [0.1, 0.15) is 26.6 Å². The van der Waals surface area contributed by atoms with Gasteiger partial charge in [-0.15, -0.1) is 11.3 Å². The zero-order valence-corrected chi connectivity index (χ0v) is 15.1. The number of aromatic nitrogens is 2. The third-order valence-corrected chi connectivity index (χ3v) is 4.62. The van der Waals surface area contributed by atoms with Crippen LogP contribution in [0.4, 0.5) is 8.78 Å². The first-order chi connectivity index (χ1) is 12.4. The van der Waals surface area contributed by atoms with Crippen molar-refractivity contribution in [3.05, 3.63) is 52.3 Å². The molecular weight excluding hydrogens is 362 g/mol. The number of carbonyl (C=O) groups is 1. The van der Waals surface area contributed by atoms with Gasteiger partial charge in [0.25, 0.3) is 0 Å². The van der Waals surface area contributed by atoms with E-state index in [0.29, 0.717) is 5.56 Å². The van der Waals surface area contributed by atoms with Crippen molar-refractivity contribution in [2.75, 3.05) is 7.11 Å². The summed E-state index contributed by atoms with van der Waals surface area (Å²) in [4.78, 5) is 18.9. The fourth-order valence-electron chi connectivity index (χ4n) is 2.55. The van der Waals surface area contributed by atoms with E-state index in [9.17, 15) is 13.6 Å². The average molecular weight is 378 g/mol. The molecule has 0 N–H and O–H groups in total. The Labute approximate surface area is 152 Å². The smallest absolute Gasteiger partial charge is 0.387 e. The van der Waals surface area contributed by atoms with E-state index in [1.54, 1.807) is 17.4 Å². The number of hydrogen-bond donors (Lipinski definition) is 0. The largest absolute Gasteiger partial charge is 0.493 e. The Bertz CT molecular complexity index is 992. The van der Waals surface area contributed by atoms with E-state index in [-0.39, 0.29) is 17.3 Å². The highest BCUT2D eigenvalue weighted by Crippen LogP contribution is 2.30. The molecule has 2 aromatic heterocycles. The number of rotatable bonds is 6. The maximum Gasteiger partial charge on any atom is 0.387 e. The Hall–Kier alpha value is -2.74. The number of fused-ring (bicyclic) bond motifs is 1. The van der Waals surface area contributed by atoms with Gasteiger partial charge in [-0.2, -0.15) is 8.78 Å². The van der Waals surface area contributed by atoms with Crippen LogP contribution in [0, 0.1) is 13.8 Å². The number of thiazole rings is 1. The number of ketones is 1. The summed E-state index contributed by atoms with van der Waals surface area (Å²) < 4.78 is 36.1. The molecule has 0 bridgehead atoms. The fourth-order valence-corrected chi connectivity index (χ4v) is 3.42. The number of alkyl halides is 2. The topological polar surface area (TPSA) is 52.8 Å². The molecule has 8 heteroatoms. The first-order valence-electron chi connectivity index (χ1n) is 7.69. The number of imidazole rings is 1. The van der Waals surface area contributed by atoms with Gasteiger partial charge < -0.3 is 9.47 Å². The van der Waals surface area contributed by atoms with E-state index in [1.165, 1.54) is 31.4 Å². The highest BCUT2D eigenvalue weighted by molar-refractivity contribution is 7.17. The Kier molecular flexibility index (Phi) is 5.03. The van der Waals surface area contributed by atoms with Crippen molar-refractivity contribution in [1.82, 2.24) is 9.38 Å². The molecule has 0 aliphatic carbocycles. The molecule has 2 heterocycles. The lowest BCUT2D eigenvalue weighted by molar-refractivity contribution is -0.0512. The monoisotopic (exact) mass is 378 g/mol. The number of ether oxygens (including phenoxy) is 2. The molecule has 0 aliphatic heterocycles. The molecule has 0 radical (unpaired) electrons. The van der Waals surface area contributed by atoms with Crippen molar-refractivity contribution in [2.24, 2.45) is 0 Å². The van der Waals surface area contributed by atoms with Gasteiger partial charge in [0.2, 0.25) is 0 Å². The van der Waals surface area contributed by atoms with Gasteiger partial charge in [-0.05, 0) is 44.2 Å². The van der Waals surface area contributed by atoms with Gasteiger partial charge in [0.05, 0.1) is 18.5 Å². The van der Waals surface area contributed by atoms with Crippen molar-refractivity contribution < 1.29 is 23.0 Å². The molecule has 0 atom stereocenters. The quantitative estimate of drug-likeness (QED) is 0.468. The summed E-state index contributed by atoms with van der Waals surface area (Å²) in [5.41, 5.74) is 1.94.